The topological polar surface area (TPSA) is 55.3 Å². The Hall–Kier alpha value is -3.25. The molecule has 30 heavy (non-hydrogen) atoms. The van der Waals surface area contributed by atoms with Gasteiger partial charge in [0.2, 0.25) is 0 Å². The highest BCUT2D eigenvalue weighted by atomic mass is 32.1. The first-order valence-electron chi connectivity index (χ1n) is 9.87. The van der Waals surface area contributed by atoms with E-state index in [0.717, 1.165) is 32.7 Å². The van der Waals surface area contributed by atoms with Gasteiger partial charge in [0.1, 0.15) is 11.3 Å². The molecule has 2 aromatic carbocycles. The summed E-state index contributed by atoms with van der Waals surface area (Å²) < 4.78 is 6.72. The molecule has 0 bridgehead atoms. The predicted molar refractivity (Wildman–Crippen MR) is 121 cm³/mol. The molecule has 0 unspecified atom stereocenters. The number of aromatic nitrogens is 2. The lowest BCUT2D eigenvalue weighted by Gasteiger charge is -2.20. The number of carbonyl (C=O) groups is 1. The third-order valence-electron chi connectivity index (χ3n) is 4.96. The van der Waals surface area contributed by atoms with E-state index in [1.807, 2.05) is 69.3 Å². The molecule has 4 rings (SSSR count). The number of fused-ring (bicyclic) bond motifs is 1. The molecular formula is C24H23N3O2S. The smallest absolute Gasteiger partial charge is 0.260 e. The lowest BCUT2D eigenvalue weighted by Crippen LogP contribution is -2.30. The molecule has 0 aliphatic heterocycles. The van der Waals surface area contributed by atoms with E-state index in [1.54, 1.807) is 17.3 Å². The fraction of sp³-hybridized carbons (Fsp3) is 0.208. The zero-order valence-corrected chi connectivity index (χ0v) is 18.1. The Morgan fingerprint density at radius 3 is 2.70 bits per heavy atom. The van der Waals surface area contributed by atoms with Gasteiger partial charge >= 0.3 is 0 Å². The second kappa shape index (κ2) is 8.63. The van der Waals surface area contributed by atoms with Crippen LogP contribution in [0.15, 0.2) is 60.9 Å². The molecule has 0 radical (unpaired) electrons. The maximum absolute atomic E-state index is 13.5. The highest BCUT2D eigenvalue weighted by Crippen LogP contribution is 2.35. The number of carbonyl (C=O) groups excluding carboxylic acids is 1. The molecular weight excluding hydrogens is 394 g/mol. The van der Waals surface area contributed by atoms with Gasteiger partial charge in [-0.25, -0.2) is 4.98 Å². The standard InChI is InChI=1S/C24H23N3O2S/c1-4-29-20-8-5-9-21-22(20)26-24(30-21)27(15-18-7-6-12-25-14-18)23(28)19-11-10-16(2)17(3)13-19/h5-14H,4,15H2,1-3H3. The minimum Gasteiger partial charge on any atom is -0.492 e. The van der Waals surface area contributed by atoms with E-state index in [4.69, 9.17) is 9.72 Å². The molecule has 0 saturated heterocycles. The van der Waals surface area contributed by atoms with Gasteiger partial charge in [0, 0.05) is 18.0 Å². The van der Waals surface area contributed by atoms with Crippen LogP contribution < -0.4 is 9.64 Å². The predicted octanol–water partition coefficient (Wildman–Crippen LogP) is 5.55. The van der Waals surface area contributed by atoms with Crippen LogP contribution in [0.1, 0.15) is 34.0 Å². The van der Waals surface area contributed by atoms with Crippen LogP contribution in [0.3, 0.4) is 0 Å². The largest absolute Gasteiger partial charge is 0.492 e. The number of rotatable bonds is 6. The van der Waals surface area contributed by atoms with Crippen LogP contribution in [-0.4, -0.2) is 22.5 Å². The fourth-order valence-corrected chi connectivity index (χ4v) is 4.21. The maximum atomic E-state index is 13.5. The van der Waals surface area contributed by atoms with Crippen LogP contribution in [0.4, 0.5) is 5.13 Å². The highest BCUT2D eigenvalue weighted by molar-refractivity contribution is 7.22. The lowest BCUT2D eigenvalue weighted by atomic mass is 10.1. The average molecular weight is 418 g/mol. The van der Waals surface area contributed by atoms with E-state index in [1.165, 1.54) is 11.3 Å². The Kier molecular flexibility index (Phi) is 5.77. The number of aryl methyl sites for hydroxylation is 2. The van der Waals surface area contributed by atoms with Crippen LogP contribution in [0.2, 0.25) is 0 Å². The Bertz CT molecular complexity index is 1190. The summed E-state index contributed by atoms with van der Waals surface area (Å²) in [7, 11) is 0. The van der Waals surface area contributed by atoms with Gasteiger partial charge in [0.15, 0.2) is 5.13 Å². The van der Waals surface area contributed by atoms with Crippen molar-refractivity contribution < 1.29 is 9.53 Å². The molecule has 1 amide bonds. The van der Waals surface area contributed by atoms with Gasteiger partial charge < -0.3 is 4.74 Å². The third kappa shape index (κ3) is 4.04. The summed E-state index contributed by atoms with van der Waals surface area (Å²) in [6.45, 7) is 6.96. The van der Waals surface area contributed by atoms with E-state index in [9.17, 15) is 4.79 Å². The molecule has 2 aromatic heterocycles. The lowest BCUT2D eigenvalue weighted by molar-refractivity contribution is 0.0985. The van der Waals surface area contributed by atoms with Crippen LogP contribution in [0.25, 0.3) is 10.2 Å². The number of hydrogen-bond acceptors (Lipinski definition) is 5. The molecule has 0 N–H and O–H groups in total. The molecule has 0 saturated carbocycles. The van der Waals surface area contributed by atoms with Gasteiger partial charge in [-0.3, -0.25) is 14.7 Å². The number of nitrogens with zero attached hydrogens (tertiary/aromatic N) is 3. The fourth-order valence-electron chi connectivity index (χ4n) is 3.23. The van der Waals surface area contributed by atoms with Crippen molar-refractivity contribution in [1.29, 1.82) is 0 Å². The number of para-hydroxylation sites is 1. The SMILES string of the molecule is CCOc1cccc2sc(N(Cc3cccnc3)C(=O)c3ccc(C)c(C)c3)nc12. The van der Waals surface area contributed by atoms with E-state index >= 15 is 0 Å². The van der Waals surface area contributed by atoms with Gasteiger partial charge in [0.25, 0.3) is 5.91 Å². The Balaban J connectivity index is 1.79. The first-order valence-corrected chi connectivity index (χ1v) is 10.7. The minimum atomic E-state index is -0.0843. The summed E-state index contributed by atoms with van der Waals surface area (Å²) >= 11 is 1.49. The molecule has 152 valence electrons. The molecule has 0 aliphatic carbocycles. The zero-order valence-electron chi connectivity index (χ0n) is 17.3. The van der Waals surface area contributed by atoms with Crippen molar-refractivity contribution in [1.82, 2.24) is 9.97 Å². The van der Waals surface area contributed by atoms with Gasteiger partial charge in [-0.2, -0.15) is 0 Å². The maximum Gasteiger partial charge on any atom is 0.260 e. The van der Waals surface area contributed by atoms with Crippen LogP contribution in [-0.2, 0) is 6.54 Å². The van der Waals surface area contributed by atoms with Gasteiger partial charge in [-0.15, -0.1) is 0 Å². The van der Waals surface area contributed by atoms with Crippen LogP contribution in [0, 0.1) is 13.8 Å². The molecule has 0 atom stereocenters. The average Bonchev–Trinajstić information content (AvgIpc) is 3.19. The van der Waals surface area contributed by atoms with Crippen molar-refractivity contribution in [3.8, 4) is 5.75 Å². The minimum absolute atomic E-state index is 0.0843. The molecule has 5 nitrogen and oxygen atoms in total. The normalized spacial score (nSPS) is 10.9. The van der Waals surface area contributed by atoms with Crippen LogP contribution >= 0.6 is 11.3 Å². The van der Waals surface area contributed by atoms with Gasteiger partial charge in [-0.1, -0.05) is 29.5 Å². The van der Waals surface area contributed by atoms with E-state index in [2.05, 4.69) is 4.98 Å². The van der Waals surface area contributed by atoms with E-state index < -0.39 is 0 Å². The number of pyridine rings is 1. The first kappa shape index (κ1) is 20.0. The number of amides is 1. The van der Waals surface area contributed by atoms with Crippen molar-refractivity contribution >= 4 is 32.6 Å². The van der Waals surface area contributed by atoms with Gasteiger partial charge in [0.05, 0.1) is 17.9 Å². The second-order valence-electron chi connectivity index (χ2n) is 7.08. The molecule has 0 aliphatic rings. The Morgan fingerprint density at radius 2 is 1.97 bits per heavy atom. The number of benzene rings is 2. The van der Waals surface area contributed by atoms with E-state index in [-0.39, 0.29) is 5.91 Å². The molecule has 6 heteroatoms. The molecule has 0 spiro atoms. The highest BCUT2D eigenvalue weighted by Gasteiger charge is 2.23. The van der Waals surface area contributed by atoms with Crippen molar-refractivity contribution in [2.75, 3.05) is 11.5 Å². The summed E-state index contributed by atoms with van der Waals surface area (Å²) in [6, 6.07) is 15.5. The van der Waals surface area contributed by atoms with Crippen LogP contribution in [0.5, 0.6) is 5.75 Å². The monoisotopic (exact) mass is 417 g/mol. The Labute approximate surface area is 180 Å². The van der Waals surface area contributed by atoms with Crippen molar-refractivity contribution in [3.05, 3.63) is 83.2 Å². The quantitative estimate of drug-likeness (QED) is 0.412. The zero-order chi connectivity index (χ0) is 21.1. The summed E-state index contributed by atoms with van der Waals surface area (Å²) in [5.41, 5.74) is 4.62. The van der Waals surface area contributed by atoms with Gasteiger partial charge in [-0.05, 0) is 67.8 Å². The third-order valence-corrected chi connectivity index (χ3v) is 6.01. The summed E-state index contributed by atoms with van der Waals surface area (Å²) in [6.07, 6.45) is 3.50. The summed E-state index contributed by atoms with van der Waals surface area (Å²) in [5, 5.41) is 0.643. The number of ether oxygens (including phenoxy) is 1. The summed E-state index contributed by atoms with van der Waals surface area (Å²) in [5.74, 6) is 0.649. The van der Waals surface area contributed by atoms with E-state index in [0.29, 0.717) is 23.8 Å². The number of thiazole rings is 1. The molecule has 2 heterocycles. The number of hydrogen-bond donors (Lipinski definition) is 0. The Morgan fingerprint density at radius 1 is 1.10 bits per heavy atom. The molecule has 4 aromatic rings. The second-order valence-corrected chi connectivity index (χ2v) is 8.09. The number of anilines is 1. The van der Waals surface area contributed by atoms with Crippen molar-refractivity contribution in [2.45, 2.75) is 27.3 Å². The van der Waals surface area contributed by atoms with Crippen molar-refractivity contribution in [2.24, 2.45) is 0 Å². The first-order chi connectivity index (χ1) is 14.6. The summed E-state index contributed by atoms with van der Waals surface area (Å²) in [4.78, 5) is 24.3. The van der Waals surface area contributed by atoms with Crippen molar-refractivity contribution in [3.63, 3.8) is 0 Å². The molecule has 0 fully saturated rings.